The number of benzene rings is 2. The van der Waals surface area contributed by atoms with E-state index in [2.05, 4.69) is 28.1 Å². The zero-order chi connectivity index (χ0) is 19.4. The summed E-state index contributed by atoms with van der Waals surface area (Å²) in [6.45, 7) is 0.445. The van der Waals surface area contributed by atoms with Gasteiger partial charge in [0.2, 0.25) is 5.91 Å². The topological polar surface area (TPSA) is 70.2 Å². The molecule has 5 heteroatoms. The van der Waals surface area contributed by atoms with Crippen molar-refractivity contribution in [1.82, 2.24) is 16.0 Å². The van der Waals surface area contributed by atoms with Gasteiger partial charge in [-0.3, -0.25) is 4.79 Å². The summed E-state index contributed by atoms with van der Waals surface area (Å²) >= 11 is 0. The highest BCUT2D eigenvalue weighted by atomic mass is 16.2. The van der Waals surface area contributed by atoms with E-state index in [-0.39, 0.29) is 18.0 Å². The molecule has 1 unspecified atom stereocenters. The van der Waals surface area contributed by atoms with Crippen LogP contribution in [0.4, 0.5) is 4.79 Å². The Morgan fingerprint density at radius 2 is 1.68 bits per heavy atom. The zero-order valence-corrected chi connectivity index (χ0v) is 16.0. The summed E-state index contributed by atoms with van der Waals surface area (Å²) in [6.07, 6.45) is 5.18. The first-order valence-electron chi connectivity index (χ1n) is 10.1. The molecule has 3 amide bonds. The van der Waals surface area contributed by atoms with E-state index in [1.165, 1.54) is 11.1 Å². The molecule has 146 valence electrons. The van der Waals surface area contributed by atoms with Crippen molar-refractivity contribution in [1.29, 1.82) is 0 Å². The molecule has 0 bridgehead atoms. The van der Waals surface area contributed by atoms with E-state index in [9.17, 15) is 9.59 Å². The van der Waals surface area contributed by atoms with E-state index < -0.39 is 5.54 Å². The summed E-state index contributed by atoms with van der Waals surface area (Å²) in [7, 11) is 0. The van der Waals surface area contributed by atoms with Crippen LogP contribution in [0.2, 0.25) is 0 Å². The van der Waals surface area contributed by atoms with Crippen LogP contribution in [0.5, 0.6) is 0 Å². The van der Waals surface area contributed by atoms with Crippen LogP contribution in [0, 0.1) is 0 Å². The van der Waals surface area contributed by atoms with Crippen LogP contribution < -0.4 is 16.0 Å². The molecule has 5 nitrogen and oxygen atoms in total. The number of hydrogen-bond acceptors (Lipinski definition) is 2. The maximum Gasteiger partial charge on any atom is 0.315 e. The Hall–Kier alpha value is -2.82. The van der Waals surface area contributed by atoms with Gasteiger partial charge in [0.15, 0.2) is 0 Å². The lowest BCUT2D eigenvalue weighted by Gasteiger charge is -2.30. The molecule has 28 heavy (non-hydrogen) atoms. The van der Waals surface area contributed by atoms with Crippen LogP contribution in [-0.2, 0) is 17.8 Å². The standard InChI is InChI=1S/C23H27N3O2/c27-21(25-20-13-12-18-10-4-5-11-19(18)20)23(14-6-7-15-23)26-22(28)24-16-17-8-2-1-3-9-17/h1-5,8-11,20H,6-7,12-16H2,(H,25,27)(H2,24,26,28). The maximum absolute atomic E-state index is 13.2. The molecule has 0 aromatic heterocycles. The van der Waals surface area contributed by atoms with Crippen LogP contribution in [0.15, 0.2) is 54.6 Å². The molecule has 3 N–H and O–H groups in total. The molecular weight excluding hydrogens is 350 g/mol. The Labute approximate surface area is 165 Å². The van der Waals surface area contributed by atoms with Gasteiger partial charge in [0, 0.05) is 6.54 Å². The second-order valence-corrected chi connectivity index (χ2v) is 7.85. The van der Waals surface area contributed by atoms with E-state index in [4.69, 9.17) is 0 Å². The fraction of sp³-hybridized carbons (Fsp3) is 0.391. The molecule has 1 atom stereocenters. The minimum Gasteiger partial charge on any atom is -0.347 e. The van der Waals surface area contributed by atoms with Gasteiger partial charge in [-0.2, -0.15) is 0 Å². The SMILES string of the molecule is O=C(NCc1ccccc1)NC1(C(=O)NC2CCc3ccccc32)CCCC1. The third-order valence-corrected chi connectivity index (χ3v) is 5.98. The van der Waals surface area contributed by atoms with Crippen LogP contribution in [-0.4, -0.2) is 17.5 Å². The number of aryl methyl sites for hydroxylation is 1. The Bertz CT molecular complexity index is 844. The van der Waals surface area contributed by atoms with Gasteiger partial charge < -0.3 is 16.0 Å². The van der Waals surface area contributed by atoms with Crippen molar-refractivity contribution in [2.24, 2.45) is 0 Å². The van der Waals surface area contributed by atoms with Gasteiger partial charge in [-0.15, -0.1) is 0 Å². The summed E-state index contributed by atoms with van der Waals surface area (Å²) < 4.78 is 0. The Balaban J connectivity index is 1.40. The van der Waals surface area contributed by atoms with Crippen molar-refractivity contribution in [2.75, 3.05) is 0 Å². The molecular formula is C23H27N3O2. The van der Waals surface area contributed by atoms with Gasteiger partial charge in [0.05, 0.1) is 6.04 Å². The van der Waals surface area contributed by atoms with Gasteiger partial charge in [0.25, 0.3) is 0 Å². The van der Waals surface area contributed by atoms with Crippen LogP contribution in [0.1, 0.15) is 54.8 Å². The molecule has 0 heterocycles. The lowest BCUT2D eigenvalue weighted by atomic mass is 9.95. The highest BCUT2D eigenvalue weighted by Gasteiger charge is 2.43. The highest BCUT2D eigenvalue weighted by molar-refractivity contribution is 5.91. The molecule has 0 aliphatic heterocycles. The van der Waals surface area contributed by atoms with E-state index in [1.807, 2.05) is 42.5 Å². The predicted molar refractivity (Wildman–Crippen MR) is 109 cm³/mol. The second kappa shape index (κ2) is 8.05. The monoisotopic (exact) mass is 377 g/mol. The molecule has 2 aromatic carbocycles. The Kier molecular flexibility index (Phi) is 5.33. The number of rotatable bonds is 5. The number of hydrogen-bond donors (Lipinski definition) is 3. The molecule has 1 saturated carbocycles. The molecule has 0 saturated heterocycles. The number of urea groups is 1. The van der Waals surface area contributed by atoms with Gasteiger partial charge in [-0.1, -0.05) is 67.4 Å². The van der Waals surface area contributed by atoms with Crippen molar-refractivity contribution in [3.63, 3.8) is 0 Å². The van der Waals surface area contributed by atoms with Crippen LogP contribution in [0.3, 0.4) is 0 Å². The second-order valence-electron chi connectivity index (χ2n) is 7.85. The normalized spacial score (nSPS) is 19.6. The molecule has 0 radical (unpaired) electrons. The fourth-order valence-electron chi connectivity index (χ4n) is 4.43. The minimum atomic E-state index is -0.807. The lowest BCUT2D eigenvalue weighted by molar-refractivity contribution is -0.127. The lowest BCUT2D eigenvalue weighted by Crippen LogP contribution is -2.59. The van der Waals surface area contributed by atoms with E-state index in [0.717, 1.165) is 31.2 Å². The summed E-state index contributed by atoms with van der Waals surface area (Å²) in [5.41, 5.74) is 2.74. The Morgan fingerprint density at radius 1 is 0.964 bits per heavy atom. The molecule has 1 fully saturated rings. The molecule has 2 aromatic rings. The number of carbonyl (C=O) groups excluding carboxylic acids is 2. The minimum absolute atomic E-state index is 0.0374. The molecule has 2 aliphatic carbocycles. The quantitative estimate of drug-likeness (QED) is 0.745. The number of carbonyl (C=O) groups is 2. The predicted octanol–water partition coefficient (Wildman–Crippen LogP) is 3.60. The number of fused-ring (bicyclic) bond motifs is 1. The van der Waals surface area contributed by atoms with E-state index in [1.54, 1.807) is 0 Å². The van der Waals surface area contributed by atoms with Crippen molar-refractivity contribution in [3.05, 3.63) is 71.3 Å². The number of amides is 3. The summed E-state index contributed by atoms with van der Waals surface area (Å²) in [5.74, 6) is -0.0541. The van der Waals surface area contributed by atoms with Gasteiger partial charge in [-0.05, 0) is 42.4 Å². The summed E-state index contributed by atoms with van der Waals surface area (Å²) in [4.78, 5) is 25.7. The van der Waals surface area contributed by atoms with Crippen molar-refractivity contribution in [3.8, 4) is 0 Å². The maximum atomic E-state index is 13.2. The first-order valence-corrected chi connectivity index (χ1v) is 10.1. The van der Waals surface area contributed by atoms with E-state index in [0.29, 0.717) is 19.4 Å². The van der Waals surface area contributed by atoms with Crippen molar-refractivity contribution < 1.29 is 9.59 Å². The van der Waals surface area contributed by atoms with Crippen molar-refractivity contribution >= 4 is 11.9 Å². The molecule has 4 rings (SSSR count). The first kappa shape index (κ1) is 18.5. The molecule has 2 aliphatic rings. The Morgan fingerprint density at radius 3 is 2.46 bits per heavy atom. The van der Waals surface area contributed by atoms with Crippen LogP contribution >= 0.6 is 0 Å². The highest BCUT2D eigenvalue weighted by Crippen LogP contribution is 2.34. The average Bonchev–Trinajstić information content (AvgIpc) is 3.36. The first-order chi connectivity index (χ1) is 13.7. The zero-order valence-electron chi connectivity index (χ0n) is 16.0. The summed E-state index contributed by atoms with van der Waals surface area (Å²) in [6, 6.07) is 17.8. The third kappa shape index (κ3) is 3.88. The number of nitrogens with one attached hydrogen (secondary N) is 3. The fourth-order valence-corrected chi connectivity index (χ4v) is 4.43. The van der Waals surface area contributed by atoms with Gasteiger partial charge >= 0.3 is 6.03 Å². The largest absolute Gasteiger partial charge is 0.347 e. The van der Waals surface area contributed by atoms with Gasteiger partial charge in [-0.25, -0.2) is 4.79 Å². The molecule has 0 spiro atoms. The third-order valence-electron chi connectivity index (χ3n) is 5.98. The smallest absolute Gasteiger partial charge is 0.315 e. The van der Waals surface area contributed by atoms with Crippen LogP contribution in [0.25, 0.3) is 0 Å². The van der Waals surface area contributed by atoms with Gasteiger partial charge in [0.1, 0.15) is 5.54 Å². The summed E-state index contributed by atoms with van der Waals surface area (Å²) in [5, 5.41) is 9.10. The van der Waals surface area contributed by atoms with Crippen molar-refractivity contribution in [2.45, 2.75) is 56.7 Å². The average molecular weight is 377 g/mol. The van der Waals surface area contributed by atoms with E-state index >= 15 is 0 Å².